The first-order valence-corrected chi connectivity index (χ1v) is 9.51. The first kappa shape index (κ1) is 21.1. The molecule has 0 spiro atoms. The molecule has 154 valence electrons. The minimum Gasteiger partial charge on any atom is -0.310 e. The molecule has 0 saturated carbocycles. The fourth-order valence-corrected chi connectivity index (χ4v) is 3.50. The maximum atomic E-state index is 13.0. The zero-order valence-electron chi connectivity index (χ0n) is 16.1. The van der Waals surface area contributed by atoms with Crippen molar-refractivity contribution in [2.75, 3.05) is 19.9 Å². The van der Waals surface area contributed by atoms with Crippen LogP contribution in [-0.4, -0.2) is 50.4 Å². The van der Waals surface area contributed by atoms with Crippen molar-refractivity contribution in [3.63, 3.8) is 0 Å². The van der Waals surface area contributed by atoms with E-state index in [1.807, 2.05) is 6.92 Å². The van der Waals surface area contributed by atoms with Gasteiger partial charge in [-0.25, -0.2) is 15.0 Å². The van der Waals surface area contributed by atoms with E-state index >= 15 is 0 Å². The monoisotopic (exact) mass is 425 g/mol. The number of nitrogens with zero attached hydrogens (tertiary/aromatic N) is 5. The van der Waals surface area contributed by atoms with Gasteiger partial charge in [0.15, 0.2) is 11.5 Å². The van der Waals surface area contributed by atoms with Gasteiger partial charge in [0.25, 0.3) is 5.91 Å². The lowest BCUT2D eigenvalue weighted by Gasteiger charge is -2.15. The Balaban J connectivity index is 2.13. The second-order valence-electron chi connectivity index (χ2n) is 6.05. The van der Waals surface area contributed by atoms with Crippen LogP contribution in [0.3, 0.4) is 0 Å². The zero-order chi connectivity index (χ0) is 21.3. The molecule has 0 radical (unpaired) electrons. The fourth-order valence-electron chi connectivity index (χ4n) is 2.70. The molecule has 7 nitrogen and oxygen atoms in total. The van der Waals surface area contributed by atoms with Crippen LogP contribution >= 0.6 is 11.8 Å². The molecule has 0 saturated heterocycles. The number of thioether (sulfide) groups is 1. The maximum absolute atomic E-state index is 13.0. The van der Waals surface area contributed by atoms with Crippen molar-refractivity contribution < 1.29 is 22.8 Å². The molecule has 0 N–H and O–H groups in total. The summed E-state index contributed by atoms with van der Waals surface area (Å²) >= 11 is 1.45. The van der Waals surface area contributed by atoms with Crippen molar-refractivity contribution >= 4 is 28.8 Å². The van der Waals surface area contributed by atoms with Gasteiger partial charge in [-0.2, -0.15) is 13.2 Å². The van der Waals surface area contributed by atoms with Gasteiger partial charge in [0.2, 0.25) is 0 Å². The number of hydrogen-bond acceptors (Lipinski definition) is 6. The highest BCUT2D eigenvalue weighted by Gasteiger charge is 2.32. The molecule has 0 bridgehead atoms. The van der Waals surface area contributed by atoms with Crippen LogP contribution < -0.4 is 0 Å². The summed E-state index contributed by atoms with van der Waals surface area (Å²) in [5.74, 6) is 0.695. The molecule has 3 heterocycles. The molecule has 0 aliphatic carbocycles. The molecule has 11 heteroatoms. The number of carbonyl (C=O) groups is 1. The lowest BCUT2D eigenvalue weighted by molar-refractivity contribution is -0.137. The Morgan fingerprint density at radius 2 is 2.00 bits per heavy atom. The summed E-state index contributed by atoms with van der Waals surface area (Å²) < 4.78 is 40.5. The van der Waals surface area contributed by atoms with Crippen LogP contribution in [0.2, 0.25) is 0 Å². The second-order valence-corrected chi connectivity index (χ2v) is 7.35. The third-order valence-corrected chi connectivity index (χ3v) is 5.12. The van der Waals surface area contributed by atoms with E-state index in [-0.39, 0.29) is 11.4 Å². The number of imidazole rings is 1. The third-order valence-electron chi connectivity index (χ3n) is 4.21. The van der Waals surface area contributed by atoms with Gasteiger partial charge in [-0.05, 0) is 17.9 Å². The first-order valence-electron chi connectivity index (χ1n) is 8.52. The lowest BCUT2D eigenvalue weighted by Crippen LogP contribution is -2.25. The number of alkyl halides is 3. The second kappa shape index (κ2) is 7.99. The normalized spacial score (nSPS) is 11.8. The van der Waals surface area contributed by atoms with Gasteiger partial charge in [0.05, 0.1) is 18.2 Å². The van der Waals surface area contributed by atoms with Crippen molar-refractivity contribution in [3.8, 4) is 11.5 Å². The average Bonchev–Trinajstić information content (AvgIpc) is 3.02. The van der Waals surface area contributed by atoms with Crippen molar-refractivity contribution in [1.29, 1.82) is 0 Å². The van der Waals surface area contributed by atoms with Gasteiger partial charge in [-0.15, -0.1) is 11.8 Å². The highest BCUT2D eigenvalue weighted by Crippen LogP contribution is 2.34. The van der Waals surface area contributed by atoms with Crippen molar-refractivity contribution in [2.24, 2.45) is 7.05 Å². The van der Waals surface area contributed by atoms with E-state index in [2.05, 4.69) is 15.0 Å². The van der Waals surface area contributed by atoms with Gasteiger partial charge >= 0.3 is 6.18 Å². The van der Waals surface area contributed by atoms with E-state index in [1.54, 1.807) is 17.7 Å². The Hall–Kier alpha value is -2.66. The maximum Gasteiger partial charge on any atom is 0.417 e. The van der Waals surface area contributed by atoms with E-state index in [0.29, 0.717) is 33.4 Å². The standard InChI is InChI=1S/C18H18F3N5O2S/c1-5-29-13-6-10(17(27)26(3)28-4)8-22-14(13)16-24-12-7-11(18(19,20)21)9-23-15(12)25(16)2/h6-9H,5H2,1-4H3. The van der Waals surface area contributed by atoms with Crippen LogP contribution in [0.4, 0.5) is 13.2 Å². The minimum atomic E-state index is -4.50. The quantitative estimate of drug-likeness (QED) is 0.457. The van der Waals surface area contributed by atoms with E-state index in [4.69, 9.17) is 4.84 Å². The van der Waals surface area contributed by atoms with Gasteiger partial charge in [-0.1, -0.05) is 6.92 Å². The number of fused-ring (bicyclic) bond motifs is 1. The summed E-state index contributed by atoms with van der Waals surface area (Å²) in [6.45, 7) is 1.94. The summed E-state index contributed by atoms with van der Waals surface area (Å²) in [7, 11) is 4.52. The molecule has 0 unspecified atom stereocenters. The SMILES string of the molecule is CCSc1cc(C(=O)N(C)OC)cnc1-c1nc2cc(C(F)(F)F)cnc2n1C. The number of pyridine rings is 2. The van der Waals surface area contributed by atoms with Gasteiger partial charge in [0.1, 0.15) is 11.2 Å². The molecule has 1 amide bonds. The number of aryl methyl sites for hydroxylation is 1. The van der Waals surface area contributed by atoms with Crippen LogP contribution in [0.25, 0.3) is 22.7 Å². The molecule has 0 fully saturated rings. The number of hydrogen-bond donors (Lipinski definition) is 0. The molecule has 0 atom stereocenters. The summed E-state index contributed by atoms with van der Waals surface area (Å²) in [6.07, 6.45) is -2.33. The molecule has 0 aliphatic rings. The molecular formula is C18H18F3N5O2S. The molecule has 3 aromatic rings. The highest BCUT2D eigenvalue weighted by atomic mass is 32.2. The van der Waals surface area contributed by atoms with Crippen LogP contribution in [0, 0.1) is 0 Å². The van der Waals surface area contributed by atoms with Crippen LogP contribution in [0.15, 0.2) is 29.4 Å². The fraction of sp³-hybridized carbons (Fsp3) is 0.333. The Morgan fingerprint density at radius 1 is 1.28 bits per heavy atom. The molecule has 3 rings (SSSR count). The van der Waals surface area contributed by atoms with E-state index in [9.17, 15) is 18.0 Å². The van der Waals surface area contributed by atoms with E-state index in [1.165, 1.54) is 32.1 Å². The summed E-state index contributed by atoms with van der Waals surface area (Å²) in [5, 5.41) is 1.08. The van der Waals surface area contributed by atoms with Crippen LogP contribution in [0.1, 0.15) is 22.8 Å². The van der Waals surface area contributed by atoms with Gasteiger partial charge < -0.3 is 4.57 Å². The number of rotatable bonds is 5. The number of carbonyl (C=O) groups excluding carboxylic acids is 1. The number of aromatic nitrogens is 4. The Morgan fingerprint density at radius 3 is 2.62 bits per heavy atom. The zero-order valence-corrected chi connectivity index (χ0v) is 16.9. The summed E-state index contributed by atoms with van der Waals surface area (Å²) in [5.41, 5.74) is 0.342. The summed E-state index contributed by atoms with van der Waals surface area (Å²) in [6, 6.07) is 2.63. The van der Waals surface area contributed by atoms with Crippen molar-refractivity contribution in [3.05, 3.63) is 35.7 Å². The van der Waals surface area contributed by atoms with Crippen LogP contribution in [0.5, 0.6) is 0 Å². The van der Waals surface area contributed by atoms with E-state index in [0.717, 1.165) is 17.3 Å². The lowest BCUT2D eigenvalue weighted by atomic mass is 10.2. The summed E-state index contributed by atoms with van der Waals surface area (Å²) in [4.78, 5) is 30.5. The highest BCUT2D eigenvalue weighted by molar-refractivity contribution is 7.99. The number of amides is 1. The van der Waals surface area contributed by atoms with Gasteiger partial charge in [-0.3, -0.25) is 14.6 Å². The molecule has 3 aromatic heterocycles. The van der Waals surface area contributed by atoms with Crippen molar-refractivity contribution in [2.45, 2.75) is 18.0 Å². The Kier molecular flexibility index (Phi) is 5.80. The van der Waals surface area contributed by atoms with E-state index < -0.39 is 11.7 Å². The topological polar surface area (TPSA) is 73.1 Å². The number of halogens is 3. The molecular weight excluding hydrogens is 407 g/mol. The predicted octanol–water partition coefficient (Wildman–Crippen LogP) is 3.79. The third kappa shape index (κ3) is 4.06. The van der Waals surface area contributed by atoms with Crippen LogP contribution in [-0.2, 0) is 18.1 Å². The predicted molar refractivity (Wildman–Crippen MR) is 102 cm³/mol. The van der Waals surface area contributed by atoms with Gasteiger partial charge in [0, 0.05) is 31.4 Å². The number of hydroxylamine groups is 2. The molecule has 0 aromatic carbocycles. The molecule has 0 aliphatic heterocycles. The first-order chi connectivity index (χ1) is 13.7. The average molecular weight is 425 g/mol. The smallest absolute Gasteiger partial charge is 0.310 e. The Labute approximate surface area is 168 Å². The largest absolute Gasteiger partial charge is 0.417 e. The van der Waals surface area contributed by atoms with Crippen molar-refractivity contribution in [1.82, 2.24) is 24.6 Å². The Bertz CT molecular complexity index is 1070. The minimum absolute atomic E-state index is 0.117. The molecule has 29 heavy (non-hydrogen) atoms.